The van der Waals surface area contributed by atoms with Gasteiger partial charge in [0.15, 0.2) is 0 Å². The topological polar surface area (TPSA) is 105 Å². The molecule has 3 aromatic rings. The number of amides is 1. The molecule has 0 spiro atoms. The van der Waals surface area contributed by atoms with Crippen LogP contribution in [0.1, 0.15) is 35.1 Å². The number of nitrogen functional groups attached to an aromatic ring is 1. The van der Waals surface area contributed by atoms with Crippen LogP contribution in [0.3, 0.4) is 0 Å². The van der Waals surface area contributed by atoms with Gasteiger partial charge in [0.2, 0.25) is 0 Å². The highest BCUT2D eigenvalue weighted by atomic mass is 35.5. The zero-order valence-corrected chi connectivity index (χ0v) is 18.1. The van der Waals surface area contributed by atoms with Crippen molar-refractivity contribution in [3.63, 3.8) is 0 Å². The van der Waals surface area contributed by atoms with Gasteiger partial charge in [-0.05, 0) is 40.8 Å². The van der Waals surface area contributed by atoms with Crippen LogP contribution < -0.4 is 11.1 Å². The molecule has 0 saturated heterocycles. The van der Waals surface area contributed by atoms with E-state index in [0.29, 0.717) is 11.3 Å². The second-order valence-corrected chi connectivity index (χ2v) is 8.24. The van der Waals surface area contributed by atoms with Crippen LogP contribution in [0.5, 0.6) is 0 Å². The van der Waals surface area contributed by atoms with Crippen LogP contribution in [0.25, 0.3) is 11.1 Å². The molecule has 3 aromatic carbocycles. The zero-order chi connectivity index (χ0) is 22.7. The van der Waals surface area contributed by atoms with E-state index in [-0.39, 0.29) is 30.5 Å². The van der Waals surface area contributed by atoms with Crippen LogP contribution in [0.4, 0.5) is 10.5 Å². The molecule has 7 heteroatoms. The van der Waals surface area contributed by atoms with E-state index in [1.54, 1.807) is 12.1 Å². The van der Waals surface area contributed by atoms with Crippen molar-refractivity contribution in [3.05, 3.63) is 88.4 Å². The van der Waals surface area contributed by atoms with Crippen LogP contribution in [-0.2, 0) is 4.74 Å². The van der Waals surface area contributed by atoms with Crippen molar-refractivity contribution < 1.29 is 19.7 Å². The molecule has 0 aromatic heterocycles. The number of benzene rings is 3. The molecule has 32 heavy (non-hydrogen) atoms. The number of fused-ring (bicyclic) bond motifs is 3. The standard InChI is InChI=1S/C25H25ClN2O4/c26-22-13-15(27)9-10-20(22)24(30)23(29)11-12-28-25(31)32-14-21-18-7-3-1-5-16(18)17-6-2-4-8-19(17)21/h1-10,13,21,23-24,29-30H,11-12,14,27H2,(H,28,31). The van der Waals surface area contributed by atoms with Crippen molar-refractivity contribution >= 4 is 23.4 Å². The summed E-state index contributed by atoms with van der Waals surface area (Å²) in [6.07, 6.45) is -2.73. The Balaban J connectivity index is 1.29. The smallest absolute Gasteiger partial charge is 0.407 e. The molecule has 0 aliphatic heterocycles. The molecular formula is C25H25ClN2O4. The lowest BCUT2D eigenvalue weighted by Crippen LogP contribution is -2.30. The first-order chi connectivity index (χ1) is 15.5. The van der Waals surface area contributed by atoms with Gasteiger partial charge in [0.25, 0.3) is 0 Å². The number of hydrogen-bond donors (Lipinski definition) is 4. The number of anilines is 1. The molecular weight excluding hydrogens is 428 g/mol. The molecule has 1 aliphatic rings. The summed E-state index contributed by atoms with van der Waals surface area (Å²) in [6, 6.07) is 20.9. The van der Waals surface area contributed by atoms with Gasteiger partial charge in [-0.25, -0.2) is 4.79 Å². The van der Waals surface area contributed by atoms with Crippen molar-refractivity contribution in [2.45, 2.75) is 24.5 Å². The van der Waals surface area contributed by atoms with E-state index in [1.165, 1.54) is 6.07 Å². The number of ether oxygens (including phenoxy) is 1. The van der Waals surface area contributed by atoms with Crippen molar-refractivity contribution in [1.82, 2.24) is 5.32 Å². The number of carbonyl (C=O) groups excluding carboxylic acids is 1. The van der Waals surface area contributed by atoms with Crippen LogP contribution in [0.2, 0.25) is 5.02 Å². The Kier molecular flexibility index (Phi) is 6.65. The van der Waals surface area contributed by atoms with Gasteiger partial charge >= 0.3 is 6.09 Å². The average Bonchev–Trinajstić information content (AvgIpc) is 3.11. The van der Waals surface area contributed by atoms with E-state index in [1.807, 2.05) is 24.3 Å². The minimum absolute atomic E-state index is 0.0202. The summed E-state index contributed by atoms with van der Waals surface area (Å²) < 4.78 is 5.47. The van der Waals surface area contributed by atoms with Crippen molar-refractivity contribution in [3.8, 4) is 11.1 Å². The quantitative estimate of drug-likeness (QED) is 0.401. The van der Waals surface area contributed by atoms with E-state index in [4.69, 9.17) is 22.1 Å². The van der Waals surface area contributed by atoms with Crippen molar-refractivity contribution in [2.24, 2.45) is 0 Å². The van der Waals surface area contributed by atoms with Crippen LogP contribution in [0, 0.1) is 0 Å². The van der Waals surface area contributed by atoms with E-state index >= 15 is 0 Å². The Labute approximate surface area is 191 Å². The van der Waals surface area contributed by atoms with Gasteiger partial charge in [-0.2, -0.15) is 0 Å². The van der Waals surface area contributed by atoms with Gasteiger partial charge in [-0.15, -0.1) is 0 Å². The summed E-state index contributed by atoms with van der Waals surface area (Å²) in [5, 5.41) is 23.5. The molecule has 0 heterocycles. The minimum atomic E-state index is -1.19. The van der Waals surface area contributed by atoms with Gasteiger partial charge < -0.3 is 26.0 Å². The lowest BCUT2D eigenvalue weighted by atomic mass is 9.98. The molecule has 0 bridgehead atoms. The average molecular weight is 453 g/mol. The second-order valence-electron chi connectivity index (χ2n) is 7.83. The van der Waals surface area contributed by atoms with Gasteiger partial charge in [0.05, 0.1) is 6.10 Å². The van der Waals surface area contributed by atoms with Gasteiger partial charge in [0.1, 0.15) is 12.7 Å². The highest BCUT2D eigenvalue weighted by Gasteiger charge is 2.29. The lowest BCUT2D eigenvalue weighted by molar-refractivity contribution is 0.0137. The van der Waals surface area contributed by atoms with E-state index < -0.39 is 18.3 Å². The largest absolute Gasteiger partial charge is 0.449 e. The zero-order valence-electron chi connectivity index (χ0n) is 17.4. The fourth-order valence-electron chi connectivity index (χ4n) is 4.12. The number of carbonyl (C=O) groups is 1. The summed E-state index contributed by atoms with van der Waals surface area (Å²) in [7, 11) is 0. The van der Waals surface area contributed by atoms with Crippen molar-refractivity contribution in [2.75, 3.05) is 18.9 Å². The van der Waals surface area contributed by atoms with E-state index in [2.05, 4.69) is 29.6 Å². The number of halogens is 1. The maximum Gasteiger partial charge on any atom is 0.407 e. The number of nitrogens with two attached hydrogens (primary N) is 1. The Morgan fingerprint density at radius 3 is 2.28 bits per heavy atom. The Morgan fingerprint density at radius 1 is 1.03 bits per heavy atom. The first kappa shape index (κ1) is 22.1. The van der Waals surface area contributed by atoms with Gasteiger partial charge in [-0.3, -0.25) is 0 Å². The molecule has 0 fully saturated rings. The third kappa shape index (κ3) is 4.58. The van der Waals surface area contributed by atoms with Crippen LogP contribution >= 0.6 is 11.6 Å². The maximum absolute atomic E-state index is 12.2. The van der Waals surface area contributed by atoms with Crippen molar-refractivity contribution in [1.29, 1.82) is 0 Å². The van der Waals surface area contributed by atoms with Gasteiger partial charge in [-0.1, -0.05) is 66.2 Å². The number of nitrogens with one attached hydrogen (secondary N) is 1. The Morgan fingerprint density at radius 2 is 1.66 bits per heavy atom. The summed E-state index contributed by atoms with van der Waals surface area (Å²) in [6.45, 7) is 0.355. The lowest BCUT2D eigenvalue weighted by Gasteiger charge is -2.20. The Hall–Kier alpha value is -3.06. The summed E-state index contributed by atoms with van der Waals surface area (Å²) in [5.41, 5.74) is 11.1. The monoisotopic (exact) mass is 452 g/mol. The van der Waals surface area contributed by atoms with Crippen LogP contribution in [-0.4, -0.2) is 35.6 Å². The number of hydrogen-bond acceptors (Lipinski definition) is 5. The highest BCUT2D eigenvalue weighted by Crippen LogP contribution is 2.44. The molecule has 5 N–H and O–H groups in total. The predicted molar refractivity (Wildman–Crippen MR) is 125 cm³/mol. The summed E-state index contributed by atoms with van der Waals surface area (Å²) in [4.78, 5) is 12.2. The normalized spacial score (nSPS) is 14.3. The first-order valence-electron chi connectivity index (χ1n) is 10.5. The molecule has 6 nitrogen and oxygen atoms in total. The van der Waals surface area contributed by atoms with Gasteiger partial charge in [0, 0.05) is 28.7 Å². The Bertz CT molecular complexity index is 1080. The van der Waals surface area contributed by atoms with E-state index in [0.717, 1.165) is 22.3 Å². The summed E-state index contributed by atoms with van der Waals surface area (Å²) in [5.74, 6) is -0.0202. The molecule has 0 radical (unpaired) electrons. The number of rotatable bonds is 7. The molecule has 4 rings (SSSR count). The number of aliphatic hydroxyl groups excluding tert-OH is 2. The molecule has 166 valence electrons. The molecule has 2 atom stereocenters. The third-order valence-electron chi connectivity index (χ3n) is 5.76. The molecule has 1 amide bonds. The second kappa shape index (κ2) is 9.61. The van der Waals surface area contributed by atoms with Crippen LogP contribution in [0.15, 0.2) is 66.7 Å². The molecule has 0 saturated carbocycles. The SMILES string of the molecule is Nc1ccc(C(O)C(O)CCNC(=O)OCC2c3ccccc3-c3ccccc32)c(Cl)c1. The maximum atomic E-state index is 12.2. The molecule has 1 aliphatic carbocycles. The van der Waals surface area contributed by atoms with E-state index in [9.17, 15) is 15.0 Å². The third-order valence-corrected chi connectivity index (χ3v) is 6.09. The minimum Gasteiger partial charge on any atom is -0.449 e. The summed E-state index contributed by atoms with van der Waals surface area (Å²) >= 11 is 6.09. The fourth-order valence-corrected chi connectivity index (χ4v) is 4.42. The first-order valence-corrected chi connectivity index (χ1v) is 10.8. The number of aliphatic hydroxyl groups is 2. The predicted octanol–water partition coefficient (Wildman–Crippen LogP) is 4.25. The fraction of sp³-hybridized carbons (Fsp3) is 0.240. The number of alkyl carbamates (subject to hydrolysis) is 1. The highest BCUT2D eigenvalue weighted by molar-refractivity contribution is 6.31. The molecule has 2 unspecified atom stereocenters.